The first-order chi connectivity index (χ1) is 9.15. The largest absolute Gasteiger partial charge is 0.493 e. The van der Waals surface area contributed by atoms with Gasteiger partial charge in [0.2, 0.25) is 0 Å². The third kappa shape index (κ3) is 3.81. The minimum absolute atomic E-state index is 0.0514. The van der Waals surface area contributed by atoms with Gasteiger partial charge < -0.3 is 9.84 Å². The van der Waals surface area contributed by atoms with Crippen LogP contribution in [0.4, 0.5) is 4.39 Å². The van der Waals surface area contributed by atoms with Crippen molar-refractivity contribution in [1.29, 1.82) is 0 Å². The fourth-order valence-corrected chi connectivity index (χ4v) is 1.69. The van der Waals surface area contributed by atoms with Gasteiger partial charge in [0.25, 0.3) is 0 Å². The van der Waals surface area contributed by atoms with Crippen molar-refractivity contribution >= 4 is 5.97 Å². The lowest BCUT2D eigenvalue weighted by Gasteiger charge is -2.07. The first kappa shape index (κ1) is 13.1. The van der Waals surface area contributed by atoms with Crippen LogP contribution in [0, 0.1) is 5.82 Å². The van der Waals surface area contributed by atoms with Gasteiger partial charge in [0.1, 0.15) is 11.6 Å². The summed E-state index contributed by atoms with van der Waals surface area (Å²) in [5.74, 6) is -0.626. The van der Waals surface area contributed by atoms with Gasteiger partial charge in [0, 0.05) is 0 Å². The number of carbonyl (C=O) groups is 1. The van der Waals surface area contributed by atoms with E-state index < -0.39 is 5.97 Å². The molecule has 0 fully saturated rings. The van der Waals surface area contributed by atoms with Crippen LogP contribution in [-0.2, 0) is 4.79 Å². The molecule has 0 saturated heterocycles. The zero-order chi connectivity index (χ0) is 13.7. The number of carboxylic acid groups (broad SMARTS) is 1. The number of carboxylic acids is 1. The second kappa shape index (κ2) is 6.00. The molecule has 0 aromatic heterocycles. The molecule has 19 heavy (non-hydrogen) atoms. The number of halogens is 1. The topological polar surface area (TPSA) is 46.5 Å². The highest BCUT2D eigenvalue weighted by molar-refractivity contribution is 5.67. The maximum absolute atomic E-state index is 13.1. The fraction of sp³-hybridized carbons (Fsp3) is 0.133. The molecule has 0 aliphatic carbocycles. The van der Waals surface area contributed by atoms with Crippen molar-refractivity contribution in [2.45, 2.75) is 6.42 Å². The number of benzene rings is 2. The van der Waals surface area contributed by atoms with E-state index in [1.54, 1.807) is 30.3 Å². The minimum atomic E-state index is -0.902. The number of rotatable bonds is 5. The van der Waals surface area contributed by atoms with Crippen LogP contribution in [-0.4, -0.2) is 17.7 Å². The molecule has 3 nitrogen and oxygen atoms in total. The van der Waals surface area contributed by atoms with Gasteiger partial charge in [-0.15, -0.1) is 0 Å². The molecule has 1 N–H and O–H groups in total. The zero-order valence-electron chi connectivity index (χ0n) is 10.2. The van der Waals surface area contributed by atoms with E-state index in [2.05, 4.69) is 0 Å². The Kier molecular flexibility index (Phi) is 4.13. The summed E-state index contributed by atoms with van der Waals surface area (Å²) in [6, 6.07) is 13.4. The summed E-state index contributed by atoms with van der Waals surface area (Å²) in [4.78, 5) is 10.4. The molecule has 0 aliphatic rings. The Balaban J connectivity index is 2.13. The van der Waals surface area contributed by atoms with E-state index in [1.807, 2.05) is 6.07 Å². The third-order valence-electron chi connectivity index (χ3n) is 2.58. The van der Waals surface area contributed by atoms with Gasteiger partial charge >= 0.3 is 5.97 Å². The first-order valence-electron chi connectivity index (χ1n) is 5.86. The quantitative estimate of drug-likeness (QED) is 0.896. The van der Waals surface area contributed by atoms with E-state index in [9.17, 15) is 9.18 Å². The molecule has 0 amide bonds. The van der Waals surface area contributed by atoms with Gasteiger partial charge in [0.05, 0.1) is 13.0 Å². The maximum atomic E-state index is 13.1. The fourth-order valence-electron chi connectivity index (χ4n) is 1.69. The van der Waals surface area contributed by atoms with Gasteiger partial charge in [-0.1, -0.05) is 24.3 Å². The maximum Gasteiger partial charge on any atom is 0.306 e. The summed E-state index contributed by atoms with van der Waals surface area (Å²) in [7, 11) is 0. The van der Waals surface area contributed by atoms with Crippen LogP contribution in [0.2, 0.25) is 0 Å². The summed E-state index contributed by atoms with van der Waals surface area (Å²) in [6.45, 7) is 0.113. The minimum Gasteiger partial charge on any atom is -0.493 e. The predicted octanol–water partition coefficient (Wildman–Crippen LogP) is 3.35. The Labute approximate surface area is 110 Å². The van der Waals surface area contributed by atoms with Crippen molar-refractivity contribution in [3.05, 3.63) is 54.3 Å². The van der Waals surface area contributed by atoms with Gasteiger partial charge in [-0.05, 0) is 35.4 Å². The highest BCUT2D eigenvalue weighted by Crippen LogP contribution is 2.24. The van der Waals surface area contributed by atoms with Crippen LogP contribution >= 0.6 is 0 Å². The molecule has 2 aromatic carbocycles. The van der Waals surface area contributed by atoms with Crippen LogP contribution in [0.3, 0.4) is 0 Å². The molecule has 0 radical (unpaired) electrons. The van der Waals surface area contributed by atoms with E-state index in [0.29, 0.717) is 5.75 Å². The molecule has 0 atom stereocenters. The number of ether oxygens (including phenoxy) is 1. The van der Waals surface area contributed by atoms with Gasteiger partial charge in [-0.3, -0.25) is 4.79 Å². The van der Waals surface area contributed by atoms with E-state index in [-0.39, 0.29) is 18.8 Å². The monoisotopic (exact) mass is 260 g/mol. The second-order valence-corrected chi connectivity index (χ2v) is 4.03. The Morgan fingerprint density at radius 1 is 1.11 bits per heavy atom. The standard InChI is InChI=1S/C15H13FO3/c16-13-5-1-3-11(9-13)12-4-2-6-14(10-12)19-8-7-15(17)18/h1-6,9-10H,7-8H2,(H,17,18). The van der Waals surface area contributed by atoms with E-state index in [0.717, 1.165) is 11.1 Å². The highest BCUT2D eigenvalue weighted by atomic mass is 19.1. The number of aliphatic carboxylic acids is 1. The van der Waals surface area contributed by atoms with Gasteiger partial charge in [0.15, 0.2) is 0 Å². The Hall–Kier alpha value is -2.36. The van der Waals surface area contributed by atoms with Gasteiger partial charge in [-0.25, -0.2) is 4.39 Å². The molecule has 0 heterocycles. The average Bonchev–Trinajstić information content (AvgIpc) is 2.39. The van der Waals surface area contributed by atoms with Crippen molar-refractivity contribution in [3.8, 4) is 16.9 Å². The summed E-state index contributed by atoms with van der Waals surface area (Å²) < 4.78 is 18.5. The van der Waals surface area contributed by atoms with Crippen LogP contribution in [0.1, 0.15) is 6.42 Å². The Morgan fingerprint density at radius 2 is 1.79 bits per heavy atom. The van der Waals surface area contributed by atoms with Crippen molar-refractivity contribution in [2.24, 2.45) is 0 Å². The van der Waals surface area contributed by atoms with Crippen molar-refractivity contribution in [3.63, 3.8) is 0 Å². The average molecular weight is 260 g/mol. The van der Waals surface area contributed by atoms with Crippen molar-refractivity contribution in [2.75, 3.05) is 6.61 Å². The zero-order valence-corrected chi connectivity index (χ0v) is 10.2. The molecule has 2 rings (SSSR count). The van der Waals surface area contributed by atoms with Crippen molar-refractivity contribution < 1.29 is 19.0 Å². The molecule has 0 bridgehead atoms. The van der Waals surface area contributed by atoms with E-state index >= 15 is 0 Å². The number of hydrogen-bond donors (Lipinski definition) is 1. The van der Waals surface area contributed by atoms with Gasteiger partial charge in [-0.2, -0.15) is 0 Å². The van der Waals surface area contributed by atoms with Crippen LogP contribution in [0.25, 0.3) is 11.1 Å². The summed E-state index contributed by atoms with van der Waals surface area (Å²) in [5.41, 5.74) is 1.58. The van der Waals surface area contributed by atoms with Crippen LogP contribution in [0.5, 0.6) is 5.75 Å². The third-order valence-corrected chi connectivity index (χ3v) is 2.58. The van der Waals surface area contributed by atoms with E-state index in [1.165, 1.54) is 12.1 Å². The SMILES string of the molecule is O=C(O)CCOc1cccc(-c2cccc(F)c2)c1. The summed E-state index contributed by atoms with van der Waals surface area (Å²) in [6.07, 6.45) is -0.0514. The molecular formula is C15H13FO3. The molecule has 2 aromatic rings. The number of hydrogen-bond acceptors (Lipinski definition) is 2. The first-order valence-corrected chi connectivity index (χ1v) is 5.86. The lowest BCUT2D eigenvalue weighted by molar-refractivity contribution is -0.137. The Bertz CT molecular complexity index is 581. The summed E-state index contributed by atoms with van der Waals surface area (Å²) >= 11 is 0. The second-order valence-electron chi connectivity index (χ2n) is 4.03. The molecule has 0 spiro atoms. The molecular weight excluding hydrogens is 247 g/mol. The normalized spacial score (nSPS) is 10.2. The lowest BCUT2D eigenvalue weighted by atomic mass is 10.1. The molecule has 98 valence electrons. The van der Waals surface area contributed by atoms with Crippen LogP contribution in [0.15, 0.2) is 48.5 Å². The predicted molar refractivity (Wildman–Crippen MR) is 69.6 cm³/mol. The van der Waals surface area contributed by atoms with E-state index in [4.69, 9.17) is 9.84 Å². The lowest BCUT2D eigenvalue weighted by Crippen LogP contribution is -2.04. The van der Waals surface area contributed by atoms with Crippen molar-refractivity contribution in [1.82, 2.24) is 0 Å². The molecule has 0 aliphatic heterocycles. The Morgan fingerprint density at radius 3 is 2.47 bits per heavy atom. The summed E-state index contributed by atoms with van der Waals surface area (Å²) in [5, 5.41) is 8.53. The molecule has 0 saturated carbocycles. The molecule has 0 unspecified atom stereocenters. The molecule has 4 heteroatoms. The highest BCUT2D eigenvalue weighted by Gasteiger charge is 2.02. The van der Waals surface area contributed by atoms with Crippen LogP contribution < -0.4 is 4.74 Å². The smallest absolute Gasteiger partial charge is 0.306 e.